The summed E-state index contributed by atoms with van der Waals surface area (Å²) in [7, 11) is 0. The molecule has 0 amide bonds. The maximum Gasteiger partial charge on any atom is 0.303 e. The second-order valence-corrected chi connectivity index (χ2v) is 5.97. The average molecular weight is 388 g/mol. The van der Waals surface area contributed by atoms with Crippen LogP contribution in [0, 0.1) is 0 Å². The van der Waals surface area contributed by atoms with Gasteiger partial charge in [-0.1, -0.05) is 6.08 Å². The van der Waals surface area contributed by atoms with Crippen LogP contribution in [0.4, 0.5) is 0 Å². The molecule has 1 aliphatic heterocycles. The summed E-state index contributed by atoms with van der Waals surface area (Å²) in [5, 5.41) is 10.9. The molecule has 10 heteroatoms. The van der Waals surface area contributed by atoms with Crippen LogP contribution in [0.1, 0.15) is 34.1 Å². The lowest BCUT2D eigenvalue weighted by atomic mass is 9.90. The first-order valence-electron chi connectivity index (χ1n) is 8.16. The van der Waals surface area contributed by atoms with Crippen LogP contribution in [0.2, 0.25) is 0 Å². The second kappa shape index (κ2) is 9.47. The van der Waals surface area contributed by atoms with E-state index in [1.165, 1.54) is 6.08 Å². The Morgan fingerprint density at radius 2 is 1.48 bits per heavy atom. The summed E-state index contributed by atoms with van der Waals surface area (Å²) in [6.45, 7) is 7.55. The summed E-state index contributed by atoms with van der Waals surface area (Å²) in [6.07, 6.45) is -4.34. The van der Waals surface area contributed by atoms with Gasteiger partial charge in [-0.15, -0.1) is 6.58 Å². The Morgan fingerprint density at radius 3 is 1.93 bits per heavy atom. The van der Waals surface area contributed by atoms with Gasteiger partial charge in [0.25, 0.3) is 0 Å². The van der Waals surface area contributed by atoms with Crippen LogP contribution in [-0.2, 0) is 42.9 Å². The first kappa shape index (κ1) is 22.6. The Labute approximate surface area is 156 Å². The second-order valence-electron chi connectivity index (χ2n) is 5.97. The van der Waals surface area contributed by atoms with E-state index < -0.39 is 60.7 Å². The summed E-state index contributed by atoms with van der Waals surface area (Å²) < 4.78 is 25.9. The fraction of sp³-hybridized carbons (Fsp3) is 0.647. The van der Waals surface area contributed by atoms with E-state index in [2.05, 4.69) is 6.58 Å². The summed E-state index contributed by atoms with van der Waals surface area (Å²) in [6, 6.07) is 0. The molecule has 10 nitrogen and oxygen atoms in total. The molecular weight excluding hydrogens is 364 g/mol. The van der Waals surface area contributed by atoms with Crippen LogP contribution < -0.4 is 0 Å². The van der Waals surface area contributed by atoms with Gasteiger partial charge in [-0.3, -0.25) is 19.2 Å². The van der Waals surface area contributed by atoms with Gasteiger partial charge < -0.3 is 28.8 Å². The monoisotopic (exact) mass is 388 g/mol. The molecule has 0 aliphatic carbocycles. The smallest absolute Gasteiger partial charge is 0.303 e. The van der Waals surface area contributed by atoms with Crippen molar-refractivity contribution >= 4 is 23.9 Å². The Balaban J connectivity index is 3.38. The molecule has 0 radical (unpaired) electrons. The van der Waals surface area contributed by atoms with Crippen LogP contribution in [0.3, 0.4) is 0 Å². The molecule has 27 heavy (non-hydrogen) atoms. The van der Waals surface area contributed by atoms with Gasteiger partial charge in [0.15, 0.2) is 18.3 Å². The minimum absolute atomic E-state index is 0.216. The predicted molar refractivity (Wildman–Crippen MR) is 87.9 cm³/mol. The highest BCUT2D eigenvalue weighted by molar-refractivity contribution is 5.68. The zero-order valence-electron chi connectivity index (χ0n) is 15.6. The normalized spacial score (nSPS) is 30.0. The molecule has 0 bridgehead atoms. The van der Waals surface area contributed by atoms with E-state index in [4.69, 9.17) is 23.7 Å². The summed E-state index contributed by atoms with van der Waals surface area (Å²) in [5.74, 6) is -5.11. The lowest BCUT2D eigenvalue weighted by molar-refractivity contribution is -0.350. The summed E-state index contributed by atoms with van der Waals surface area (Å²) in [4.78, 5) is 45.8. The highest BCUT2D eigenvalue weighted by Crippen LogP contribution is 2.36. The molecule has 1 saturated heterocycles. The number of ether oxygens (including phenoxy) is 5. The van der Waals surface area contributed by atoms with E-state index in [0.717, 1.165) is 27.7 Å². The highest BCUT2D eigenvalue weighted by atomic mass is 16.7. The largest absolute Gasteiger partial charge is 0.463 e. The van der Waals surface area contributed by atoms with E-state index in [1.807, 2.05) is 0 Å². The minimum atomic E-state index is -2.16. The van der Waals surface area contributed by atoms with Crippen molar-refractivity contribution in [3.8, 4) is 0 Å². The number of esters is 4. The fourth-order valence-corrected chi connectivity index (χ4v) is 2.73. The van der Waals surface area contributed by atoms with Gasteiger partial charge in [0.05, 0.1) is 0 Å². The molecule has 0 saturated carbocycles. The van der Waals surface area contributed by atoms with Crippen LogP contribution >= 0.6 is 0 Å². The van der Waals surface area contributed by atoms with E-state index in [9.17, 15) is 24.3 Å². The van der Waals surface area contributed by atoms with Crippen LogP contribution in [0.25, 0.3) is 0 Å². The lowest BCUT2D eigenvalue weighted by Crippen LogP contribution is -2.68. The third kappa shape index (κ3) is 6.33. The Bertz CT molecular complexity index is 601. The highest BCUT2D eigenvalue weighted by Gasteiger charge is 2.58. The molecule has 1 fully saturated rings. The van der Waals surface area contributed by atoms with E-state index >= 15 is 0 Å². The standard InChI is InChI=1S/C17H24O10/c1-6-7-17(22)16(26-12(5)21)15(25-11(4)20)14(24-10(3)19)13(27-17)8-23-9(2)18/h6,13-16,22H,1,7-8H2,2-5H3/t13-,14-,15+,16-,17+/m1/s1. The van der Waals surface area contributed by atoms with Crippen molar-refractivity contribution in [2.45, 2.75) is 64.3 Å². The third-order valence-electron chi connectivity index (χ3n) is 3.57. The minimum Gasteiger partial charge on any atom is -0.463 e. The van der Waals surface area contributed by atoms with E-state index in [1.54, 1.807) is 0 Å². The molecule has 5 atom stereocenters. The van der Waals surface area contributed by atoms with Crippen molar-refractivity contribution in [2.24, 2.45) is 0 Å². The van der Waals surface area contributed by atoms with Gasteiger partial charge in [-0.05, 0) is 0 Å². The van der Waals surface area contributed by atoms with Crippen molar-refractivity contribution in [3.05, 3.63) is 12.7 Å². The Kier molecular flexibility index (Phi) is 7.92. The Morgan fingerprint density at radius 1 is 0.963 bits per heavy atom. The van der Waals surface area contributed by atoms with Crippen molar-refractivity contribution < 1.29 is 48.0 Å². The first-order chi connectivity index (χ1) is 12.5. The molecule has 152 valence electrons. The van der Waals surface area contributed by atoms with Gasteiger partial charge in [-0.25, -0.2) is 0 Å². The molecule has 0 aromatic carbocycles. The maximum atomic E-state index is 11.6. The SMILES string of the molecule is C=CC[C@]1(O)O[C@H](COC(C)=O)[C@@H](OC(C)=O)[C@H](OC(C)=O)[C@H]1OC(C)=O. The molecule has 1 aliphatic rings. The molecular formula is C17H24O10. The van der Waals surface area contributed by atoms with Gasteiger partial charge in [-0.2, -0.15) is 0 Å². The number of carbonyl (C=O) groups is 4. The number of hydrogen-bond acceptors (Lipinski definition) is 10. The Hall–Kier alpha value is -2.46. The topological polar surface area (TPSA) is 135 Å². The van der Waals surface area contributed by atoms with E-state index in [0.29, 0.717) is 0 Å². The van der Waals surface area contributed by atoms with Crippen molar-refractivity contribution in [1.82, 2.24) is 0 Å². The van der Waals surface area contributed by atoms with Crippen LogP contribution in [0.5, 0.6) is 0 Å². The van der Waals surface area contributed by atoms with Gasteiger partial charge in [0.1, 0.15) is 12.7 Å². The average Bonchev–Trinajstić information content (AvgIpc) is 2.51. The number of rotatable bonds is 7. The molecule has 0 spiro atoms. The van der Waals surface area contributed by atoms with Crippen LogP contribution in [-0.4, -0.2) is 65.8 Å². The maximum absolute atomic E-state index is 11.6. The molecule has 1 heterocycles. The van der Waals surface area contributed by atoms with Crippen LogP contribution in [0.15, 0.2) is 12.7 Å². The number of aliphatic hydroxyl groups is 1. The first-order valence-corrected chi connectivity index (χ1v) is 8.16. The van der Waals surface area contributed by atoms with Gasteiger partial charge >= 0.3 is 23.9 Å². The molecule has 1 N–H and O–H groups in total. The molecule has 1 rings (SSSR count). The molecule has 0 aromatic heterocycles. The van der Waals surface area contributed by atoms with Crippen molar-refractivity contribution in [1.29, 1.82) is 0 Å². The van der Waals surface area contributed by atoms with Crippen molar-refractivity contribution in [2.75, 3.05) is 6.61 Å². The fourth-order valence-electron chi connectivity index (χ4n) is 2.73. The third-order valence-corrected chi connectivity index (χ3v) is 3.57. The summed E-state index contributed by atoms with van der Waals surface area (Å²) in [5.41, 5.74) is 0. The number of hydrogen-bond donors (Lipinski definition) is 1. The van der Waals surface area contributed by atoms with Gasteiger partial charge in [0, 0.05) is 34.1 Å². The zero-order valence-corrected chi connectivity index (χ0v) is 15.6. The summed E-state index contributed by atoms with van der Waals surface area (Å²) >= 11 is 0. The van der Waals surface area contributed by atoms with Crippen molar-refractivity contribution in [3.63, 3.8) is 0 Å². The molecule has 0 aromatic rings. The van der Waals surface area contributed by atoms with E-state index in [-0.39, 0.29) is 6.42 Å². The van der Waals surface area contributed by atoms with Gasteiger partial charge in [0.2, 0.25) is 5.79 Å². The zero-order chi connectivity index (χ0) is 20.8. The quantitative estimate of drug-likeness (QED) is 0.361. The predicted octanol–water partition coefficient (Wildman–Crippen LogP) is 0.00810. The molecule has 0 unspecified atom stereocenters. The lowest BCUT2D eigenvalue weighted by Gasteiger charge is -2.48. The number of carbonyl (C=O) groups excluding carboxylic acids is 4.